The number of carbonyl (C=O) groups is 1. The maximum Gasteiger partial charge on any atom is 0.265 e. The smallest absolute Gasteiger partial charge is 0.265 e. The number of rotatable bonds is 2. The molecule has 0 aliphatic carbocycles. The van der Waals surface area contributed by atoms with E-state index < -0.39 is 11.3 Å². The highest BCUT2D eigenvalue weighted by atomic mass is 32.2. The fourth-order valence-corrected chi connectivity index (χ4v) is 3.23. The molecule has 0 saturated carbocycles. The van der Waals surface area contributed by atoms with Gasteiger partial charge in [-0.25, -0.2) is 0 Å². The minimum absolute atomic E-state index is 0.0709. The van der Waals surface area contributed by atoms with Crippen molar-refractivity contribution in [1.82, 2.24) is 10.6 Å². The summed E-state index contributed by atoms with van der Waals surface area (Å²) in [6.45, 7) is 5.87. The molecule has 2 rings (SSSR count). The number of para-hydroxylation sites is 1. The molecule has 1 aromatic carbocycles. The van der Waals surface area contributed by atoms with Gasteiger partial charge in [-0.3, -0.25) is 4.79 Å². The fourth-order valence-electron chi connectivity index (χ4n) is 1.89. The van der Waals surface area contributed by atoms with E-state index in [2.05, 4.69) is 10.6 Å². The van der Waals surface area contributed by atoms with Crippen LogP contribution in [0.2, 0.25) is 0 Å². The average Bonchev–Trinajstić information content (AvgIpc) is 2.37. The number of nitriles is 1. The lowest BCUT2D eigenvalue weighted by Crippen LogP contribution is -2.40. The summed E-state index contributed by atoms with van der Waals surface area (Å²) >= 11 is 1.32. The van der Waals surface area contributed by atoms with E-state index in [1.165, 1.54) is 11.8 Å². The second-order valence-electron chi connectivity index (χ2n) is 5.72. The van der Waals surface area contributed by atoms with Crippen LogP contribution in [0.3, 0.4) is 0 Å². The molecular formula is C15H17N3O2S. The summed E-state index contributed by atoms with van der Waals surface area (Å²) in [4.78, 5) is 12.1. The Bertz CT molecular complexity index is 641. The molecule has 0 aromatic heterocycles. The van der Waals surface area contributed by atoms with Gasteiger partial charge in [-0.1, -0.05) is 30.0 Å². The van der Waals surface area contributed by atoms with Crippen LogP contribution in [-0.4, -0.2) is 16.6 Å². The normalized spacial score (nSPS) is 19.0. The van der Waals surface area contributed by atoms with Crippen molar-refractivity contribution < 1.29 is 9.90 Å². The number of thioether (sulfide) groups is 1. The number of phenols is 1. The molecule has 5 nitrogen and oxygen atoms in total. The summed E-state index contributed by atoms with van der Waals surface area (Å²) in [6.07, 6.45) is 0. The molecule has 1 aliphatic heterocycles. The van der Waals surface area contributed by atoms with E-state index in [-0.39, 0.29) is 16.9 Å². The maximum atomic E-state index is 12.1. The highest BCUT2D eigenvalue weighted by molar-refractivity contribution is 8.03. The molecule has 21 heavy (non-hydrogen) atoms. The molecule has 0 bridgehead atoms. The molecule has 1 aliphatic rings. The summed E-state index contributed by atoms with van der Waals surface area (Å²) in [5.74, 6) is -0.318. The maximum absolute atomic E-state index is 12.1. The van der Waals surface area contributed by atoms with Crippen LogP contribution in [0.5, 0.6) is 5.75 Å². The lowest BCUT2D eigenvalue weighted by atomic mass is 10.1. The fraction of sp³-hybridized carbons (Fsp3) is 0.333. The van der Waals surface area contributed by atoms with Gasteiger partial charge in [-0.2, -0.15) is 5.26 Å². The van der Waals surface area contributed by atoms with Gasteiger partial charge in [0.2, 0.25) is 0 Å². The van der Waals surface area contributed by atoms with Crippen LogP contribution in [0.25, 0.3) is 0 Å². The molecule has 3 N–H and O–H groups in total. The number of hydrogen-bond donors (Lipinski definition) is 3. The van der Waals surface area contributed by atoms with Gasteiger partial charge in [0.15, 0.2) is 0 Å². The van der Waals surface area contributed by atoms with Crippen LogP contribution in [0.1, 0.15) is 31.7 Å². The van der Waals surface area contributed by atoms with Crippen molar-refractivity contribution in [2.24, 2.45) is 0 Å². The molecule has 0 unspecified atom stereocenters. The van der Waals surface area contributed by atoms with Crippen LogP contribution in [0, 0.1) is 11.3 Å². The Morgan fingerprint density at radius 3 is 2.62 bits per heavy atom. The molecule has 110 valence electrons. The van der Waals surface area contributed by atoms with E-state index in [4.69, 9.17) is 5.26 Å². The van der Waals surface area contributed by atoms with Crippen molar-refractivity contribution in [1.29, 1.82) is 5.26 Å². The zero-order chi connectivity index (χ0) is 15.6. The Morgan fingerprint density at radius 1 is 1.38 bits per heavy atom. The Balaban J connectivity index is 2.37. The van der Waals surface area contributed by atoms with Crippen molar-refractivity contribution in [2.45, 2.75) is 31.7 Å². The van der Waals surface area contributed by atoms with E-state index in [1.807, 2.05) is 26.8 Å². The Kier molecular flexibility index (Phi) is 4.14. The highest BCUT2D eigenvalue weighted by Gasteiger charge is 2.31. The van der Waals surface area contributed by atoms with Crippen LogP contribution < -0.4 is 10.6 Å². The minimum Gasteiger partial charge on any atom is -0.508 e. The Labute approximate surface area is 128 Å². The Hall–Kier alpha value is -2.13. The van der Waals surface area contributed by atoms with Crippen LogP contribution in [0.4, 0.5) is 0 Å². The van der Waals surface area contributed by atoms with Gasteiger partial charge in [0.05, 0.1) is 5.03 Å². The number of phenolic OH excluding ortho intramolecular Hbond substituents is 1. The van der Waals surface area contributed by atoms with Crippen molar-refractivity contribution in [3.8, 4) is 11.8 Å². The monoisotopic (exact) mass is 303 g/mol. The van der Waals surface area contributed by atoms with Crippen molar-refractivity contribution in [3.05, 3.63) is 40.4 Å². The average molecular weight is 303 g/mol. The summed E-state index contributed by atoms with van der Waals surface area (Å²) in [5, 5.41) is 25.1. The first-order valence-corrected chi connectivity index (χ1v) is 7.38. The van der Waals surface area contributed by atoms with Crippen LogP contribution in [0.15, 0.2) is 34.9 Å². The number of aromatic hydroxyl groups is 1. The molecular weight excluding hydrogens is 286 g/mol. The van der Waals surface area contributed by atoms with E-state index >= 15 is 0 Å². The molecule has 1 heterocycles. The number of carbonyl (C=O) groups excluding carboxylic acids is 1. The zero-order valence-corrected chi connectivity index (χ0v) is 12.9. The molecule has 1 atom stereocenters. The lowest BCUT2D eigenvalue weighted by Gasteiger charge is -2.31. The number of amides is 1. The van der Waals surface area contributed by atoms with Crippen molar-refractivity contribution in [3.63, 3.8) is 0 Å². The predicted octanol–water partition coefficient (Wildman–Crippen LogP) is 2.38. The molecule has 0 radical (unpaired) electrons. The van der Waals surface area contributed by atoms with Gasteiger partial charge in [-0.15, -0.1) is 0 Å². The quantitative estimate of drug-likeness (QED) is 0.781. The molecule has 0 spiro atoms. The summed E-state index contributed by atoms with van der Waals surface area (Å²) < 4.78 is 0. The molecule has 1 amide bonds. The van der Waals surface area contributed by atoms with Gasteiger partial charge in [0.1, 0.15) is 22.8 Å². The minimum atomic E-state index is -0.434. The number of nitrogens with zero attached hydrogens (tertiary/aromatic N) is 1. The van der Waals surface area contributed by atoms with Gasteiger partial charge >= 0.3 is 0 Å². The standard InChI is InChI=1S/C15H17N3O2S/c1-15(2,3)18-14-10(8-16)12(20)17-13(21-14)9-6-4-5-7-11(9)19/h4-7,13,18-19H,1-3H3,(H,17,20)/t13-/m1/s1. The second-order valence-corrected chi connectivity index (χ2v) is 6.84. The molecule has 6 heteroatoms. The molecule has 0 saturated heterocycles. The van der Waals surface area contributed by atoms with Gasteiger partial charge in [-0.05, 0) is 26.8 Å². The van der Waals surface area contributed by atoms with Gasteiger partial charge in [0.25, 0.3) is 5.91 Å². The van der Waals surface area contributed by atoms with E-state index in [1.54, 1.807) is 24.3 Å². The van der Waals surface area contributed by atoms with Crippen LogP contribution >= 0.6 is 11.8 Å². The van der Waals surface area contributed by atoms with Crippen molar-refractivity contribution >= 4 is 17.7 Å². The zero-order valence-electron chi connectivity index (χ0n) is 12.1. The third kappa shape index (κ3) is 3.50. The largest absolute Gasteiger partial charge is 0.508 e. The number of nitrogens with one attached hydrogen (secondary N) is 2. The summed E-state index contributed by atoms with van der Waals surface area (Å²) in [7, 11) is 0. The summed E-state index contributed by atoms with van der Waals surface area (Å²) in [5.41, 5.74) is 0.411. The third-order valence-electron chi connectivity index (χ3n) is 2.77. The SMILES string of the molecule is CC(C)(C)NC1=C(C#N)C(=O)N[C@@H](c2ccccc2O)S1. The lowest BCUT2D eigenvalue weighted by molar-refractivity contribution is -0.117. The van der Waals surface area contributed by atoms with Crippen LogP contribution in [-0.2, 0) is 4.79 Å². The van der Waals surface area contributed by atoms with Gasteiger partial charge in [0, 0.05) is 11.1 Å². The van der Waals surface area contributed by atoms with E-state index in [9.17, 15) is 9.90 Å². The first-order valence-electron chi connectivity index (χ1n) is 6.50. The van der Waals surface area contributed by atoms with E-state index in [0.717, 1.165) is 0 Å². The number of hydrogen-bond acceptors (Lipinski definition) is 5. The second kappa shape index (κ2) is 5.70. The Morgan fingerprint density at radius 2 is 2.05 bits per heavy atom. The highest BCUT2D eigenvalue weighted by Crippen LogP contribution is 2.40. The van der Waals surface area contributed by atoms with E-state index in [0.29, 0.717) is 10.6 Å². The summed E-state index contributed by atoms with van der Waals surface area (Å²) in [6, 6.07) is 8.77. The third-order valence-corrected chi connectivity index (χ3v) is 3.92. The number of benzene rings is 1. The van der Waals surface area contributed by atoms with Gasteiger partial charge < -0.3 is 15.7 Å². The topological polar surface area (TPSA) is 85.2 Å². The first kappa shape index (κ1) is 15.3. The first-order chi connectivity index (χ1) is 9.81. The molecule has 1 aromatic rings. The predicted molar refractivity (Wildman–Crippen MR) is 82.1 cm³/mol. The van der Waals surface area contributed by atoms with Crippen molar-refractivity contribution in [2.75, 3.05) is 0 Å². The molecule has 0 fully saturated rings.